The van der Waals surface area contributed by atoms with Crippen LogP contribution in [-0.2, 0) is 4.74 Å². The second-order valence-corrected chi connectivity index (χ2v) is 5.80. The van der Waals surface area contributed by atoms with Gasteiger partial charge in [-0.15, -0.1) is 11.8 Å². The molecule has 1 N–H and O–H groups in total. The van der Waals surface area contributed by atoms with Crippen LogP contribution in [0.25, 0.3) is 0 Å². The van der Waals surface area contributed by atoms with Gasteiger partial charge in [-0.05, 0) is 25.1 Å². The third-order valence-electron chi connectivity index (χ3n) is 2.30. The molecular weight excluding hydrogens is 254 g/mol. The molecule has 17 heavy (non-hydrogen) atoms. The van der Waals surface area contributed by atoms with Gasteiger partial charge in [0.25, 0.3) is 0 Å². The smallest absolute Gasteiger partial charge is 0.0541 e. The first-order valence-electron chi connectivity index (χ1n) is 5.85. The molecule has 0 aliphatic heterocycles. The van der Waals surface area contributed by atoms with Crippen LogP contribution in [0.5, 0.6) is 0 Å². The molecule has 96 valence electrons. The summed E-state index contributed by atoms with van der Waals surface area (Å²) >= 11 is 7.92. The number of hydrogen-bond donors (Lipinski definition) is 1. The summed E-state index contributed by atoms with van der Waals surface area (Å²) in [5, 5.41) is 4.76. The van der Waals surface area contributed by atoms with Crippen molar-refractivity contribution in [3.05, 3.63) is 29.3 Å². The van der Waals surface area contributed by atoms with Crippen LogP contribution >= 0.6 is 23.4 Å². The Balaban J connectivity index is 2.21. The summed E-state index contributed by atoms with van der Waals surface area (Å²) in [7, 11) is 1.73. The number of methoxy groups -OCH3 is 1. The molecule has 0 radical (unpaired) electrons. The van der Waals surface area contributed by atoms with Crippen LogP contribution in [0.4, 0.5) is 0 Å². The fourth-order valence-corrected chi connectivity index (χ4v) is 2.69. The number of ether oxygens (including phenoxy) is 1. The Kier molecular flexibility index (Phi) is 7.69. The van der Waals surface area contributed by atoms with E-state index in [0.29, 0.717) is 5.25 Å². The van der Waals surface area contributed by atoms with Crippen molar-refractivity contribution in [3.8, 4) is 0 Å². The van der Waals surface area contributed by atoms with Crippen molar-refractivity contribution in [2.24, 2.45) is 0 Å². The summed E-state index contributed by atoms with van der Waals surface area (Å²) in [5.74, 6) is 0. The highest BCUT2D eigenvalue weighted by Crippen LogP contribution is 2.29. The van der Waals surface area contributed by atoms with Gasteiger partial charge in [-0.2, -0.15) is 0 Å². The summed E-state index contributed by atoms with van der Waals surface area (Å²) in [6, 6.07) is 7.98. The predicted molar refractivity (Wildman–Crippen MR) is 76.1 cm³/mol. The highest BCUT2D eigenvalue weighted by atomic mass is 35.5. The molecule has 0 saturated carbocycles. The quantitative estimate of drug-likeness (QED) is 0.579. The zero-order valence-corrected chi connectivity index (χ0v) is 12.0. The van der Waals surface area contributed by atoms with E-state index in [-0.39, 0.29) is 0 Å². The summed E-state index contributed by atoms with van der Waals surface area (Å²) in [5.41, 5.74) is 0. The third kappa shape index (κ3) is 6.32. The highest BCUT2D eigenvalue weighted by molar-refractivity contribution is 8.00. The maximum Gasteiger partial charge on any atom is 0.0541 e. The minimum Gasteiger partial charge on any atom is -0.385 e. The molecule has 1 unspecified atom stereocenters. The Labute approximate surface area is 113 Å². The van der Waals surface area contributed by atoms with Gasteiger partial charge in [0.2, 0.25) is 0 Å². The van der Waals surface area contributed by atoms with Crippen LogP contribution in [0.2, 0.25) is 5.02 Å². The van der Waals surface area contributed by atoms with Crippen molar-refractivity contribution in [1.82, 2.24) is 5.32 Å². The van der Waals surface area contributed by atoms with Crippen molar-refractivity contribution in [1.29, 1.82) is 0 Å². The van der Waals surface area contributed by atoms with Gasteiger partial charge in [-0.1, -0.05) is 30.7 Å². The SMILES string of the molecule is COCCCNCC(C)Sc1ccccc1Cl. The molecule has 0 heterocycles. The van der Waals surface area contributed by atoms with E-state index in [9.17, 15) is 0 Å². The minimum absolute atomic E-state index is 0.512. The van der Waals surface area contributed by atoms with Crippen molar-refractivity contribution in [2.75, 3.05) is 26.8 Å². The first kappa shape index (κ1) is 14.8. The van der Waals surface area contributed by atoms with Gasteiger partial charge < -0.3 is 10.1 Å². The topological polar surface area (TPSA) is 21.3 Å². The van der Waals surface area contributed by atoms with Gasteiger partial charge >= 0.3 is 0 Å². The molecule has 4 heteroatoms. The average molecular weight is 274 g/mol. The summed E-state index contributed by atoms with van der Waals surface area (Å²) < 4.78 is 5.00. The van der Waals surface area contributed by atoms with Gasteiger partial charge in [0.1, 0.15) is 0 Å². The van der Waals surface area contributed by atoms with E-state index in [1.54, 1.807) is 7.11 Å². The largest absolute Gasteiger partial charge is 0.385 e. The summed E-state index contributed by atoms with van der Waals surface area (Å²) in [4.78, 5) is 1.15. The zero-order valence-electron chi connectivity index (χ0n) is 10.4. The lowest BCUT2D eigenvalue weighted by molar-refractivity contribution is 0.194. The van der Waals surface area contributed by atoms with E-state index in [1.807, 2.05) is 30.0 Å². The molecule has 1 rings (SSSR count). The summed E-state index contributed by atoms with van der Waals surface area (Å²) in [6.07, 6.45) is 1.06. The van der Waals surface area contributed by atoms with E-state index in [1.165, 1.54) is 0 Å². The second-order valence-electron chi connectivity index (χ2n) is 3.91. The lowest BCUT2D eigenvalue weighted by Crippen LogP contribution is -2.24. The fraction of sp³-hybridized carbons (Fsp3) is 0.538. The van der Waals surface area contributed by atoms with Crippen LogP contribution in [0.1, 0.15) is 13.3 Å². The maximum absolute atomic E-state index is 6.11. The maximum atomic E-state index is 6.11. The van der Waals surface area contributed by atoms with E-state index >= 15 is 0 Å². The predicted octanol–water partition coefficient (Wildman–Crippen LogP) is 3.45. The molecule has 0 saturated heterocycles. The van der Waals surface area contributed by atoms with Crippen LogP contribution in [0, 0.1) is 0 Å². The normalized spacial score (nSPS) is 12.6. The van der Waals surface area contributed by atoms with E-state index in [2.05, 4.69) is 18.3 Å². The van der Waals surface area contributed by atoms with Crippen LogP contribution in [-0.4, -0.2) is 32.1 Å². The second kappa shape index (κ2) is 8.81. The van der Waals surface area contributed by atoms with Crippen LogP contribution < -0.4 is 5.32 Å². The fourth-order valence-electron chi connectivity index (χ4n) is 1.45. The van der Waals surface area contributed by atoms with E-state index in [0.717, 1.165) is 36.0 Å². The first-order chi connectivity index (χ1) is 8.24. The van der Waals surface area contributed by atoms with Gasteiger partial charge in [-0.25, -0.2) is 0 Å². The third-order valence-corrected chi connectivity index (χ3v) is 3.92. The van der Waals surface area contributed by atoms with Gasteiger partial charge in [0.15, 0.2) is 0 Å². The molecule has 0 aliphatic rings. The number of thioether (sulfide) groups is 1. The molecule has 1 aromatic carbocycles. The van der Waals surface area contributed by atoms with Gasteiger partial charge in [-0.3, -0.25) is 0 Å². The van der Waals surface area contributed by atoms with Crippen LogP contribution in [0.15, 0.2) is 29.2 Å². The Morgan fingerprint density at radius 2 is 2.18 bits per heavy atom. The number of hydrogen-bond acceptors (Lipinski definition) is 3. The molecule has 0 aliphatic carbocycles. The first-order valence-corrected chi connectivity index (χ1v) is 7.10. The molecule has 2 nitrogen and oxygen atoms in total. The number of benzene rings is 1. The molecule has 0 bridgehead atoms. The lowest BCUT2D eigenvalue weighted by Gasteiger charge is -2.13. The Morgan fingerprint density at radius 1 is 1.41 bits per heavy atom. The molecule has 0 amide bonds. The standard InChI is InChI=1S/C13H20ClNOS/c1-11(10-15-8-5-9-16-2)17-13-7-4-3-6-12(13)14/h3-4,6-7,11,15H,5,8-10H2,1-2H3. The van der Waals surface area contributed by atoms with E-state index < -0.39 is 0 Å². The Hall–Kier alpha value is -0.220. The van der Waals surface area contributed by atoms with Crippen molar-refractivity contribution in [2.45, 2.75) is 23.5 Å². The minimum atomic E-state index is 0.512. The number of halogens is 1. The average Bonchev–Trinajstić information content (AvgIpc) is 2.32. The monoisotopic (exact) mass is 273 g/mol. The van der Waals surface area contributed by atoms with Crippen molar-refractivity contribution in [3.63, 3.8) is 0 Å². The van der Waals surface area contributed by atoms with Gasteiger partial charge in [0, 0.05) is 30.4 Å². The van der Waals surface area contributed by atoms with E-state index in [4.69, 9.17) is 16.3 Å². The number of rotatable bonds is 8. The Morgan fingerprint density at radius 3 is 2.88 bits per heavy atom. The number of nitrogens with one attached hydrogen (secondary N) is 1. The zero-order chi connectivity index (χ0) is 12.5. The molecule has 0 aromatic heterocycles. The van der Waals surface area contributed by atoms with Crippen molar-refractivity contribution < 1.29 is 4.74 Å². The molecule has 0 spiro atoms. The van der Waals surface area contributed by atoms with Crippen molar-refractivity contribution >= 4 is 23.4 Å². The van der Waals surface area contributed by atoms with Crippen LogP contribution in [0.3, 0.4) is 0 Å². The Bertz CT molecular complexity index is 322. The molecule has 1 atom stereocenters. The molecule has 1 aromatic rings. The molecular formula is C13H20ClNOS. The highest BCUT2D eigenvalue weighted by Gasteiger charge is 2.06. The summed E-state index contributed by atoms with van der Waals surface area (Å²) in [6.45, 7) is 5.01. The van der Waals surface area contributed by atoms with Gasteiger partial charge in [0.05, 0.1) is 5.02 Å². The molecule has 0 fully saturated rings. The lowest BCUT2D eigenvalue weighted by atomic mass is 10.4.